The first-order valence-electron chi connectivity index (χ1n) is 8.76. The topological polar surface area (TPSA) is 53.9 Å². The second-order valence-electron chi connectivity index (χ2n) is 5.97. The second-order valence-corrected chi connectivity index (χ2v) is 5.97. The standard InChI is InChI=1S/C20H22FN3O2/c1-3-24(4-2)11-12-26-16-8-6-15(7-9-16)22-19-17-10-5-14(21)13-18(17)23-20(19)25/h5-10,13H,3-4,11-12H2,1-2H3,(H,22,23,25). The van der Waals surface area contributed by atoms with Crippen LogP contribution < -0.4 is 10.1 Å². The number of carbonyl (C=O) groups is 1. The van der Waals surface area contributed by atoms with Gasteiger partial charge in [0.25, 0.3) is 5.91 Å². The Morgan fingerprint density at radius 3 is 2.54 bits per heavy atom. The monoisotopic (exact) mass is 355 g/mol. The van der Waals surface area contributed by atoms with Crippen molar-refractivity contribution in [2.75, 3.05) is 31.6 Å². The highest BCUT2D eigenvalue weighted by atomic mass is 19.1. The van der Waals surface area contributed by atoms with E-state index >= 15 is 0 Å². The Labute approximate surface area is 152 Å². The minimum Gasteiger partial charge on any atom is -0.492 e. The van der Waals surface area contributed by atoms with E-state index in [0.29, 0.717) is 23.5 Å². The Morgan fingerprint density at radius 2 is 1.85 bits per heavy atom. The van der Waals surface area contributed by atoms with Gasteiger partial charge in [-0.05, 0) is 55.6 Å². The predicted molar refractivity (Wildman–Crippen MR) is 101 cm³/mol. The molecule has 5 nitrogen and oxygen atoms in total. The molecule has 0 saturated heterocycles. The van der Waals surface area contributed by atoms with E-state index in [1.165, 1.54) is 12.1 Å². The molecule has 2 aromatic rings. The molecule has 1 heterocycles. The third-order valence-corrected chi connectivity index (χ3v) is 4.35. The van der Waals surface area contributed by atoms with Crippen molar-refractivity contribution in [1.82, 2.24) is 4.90 Å². The maximum atomic E-state index is 13.3. The number of fused-ring (bicyclic) bond motifs is 1. The Kier molecular flexibility index (Phi) is 5.63. The largest absolute Gasteiger partial charge is 0.492 e. The van der Waals surface area contributed by atoms with Crippen LogP contribution in [-0.2, 0) is 4.79 Å². The fourth-order valence-corrected chi connectivity index (χ4v) is 2.82. The fourth-order valence-electron chi connectivity index (χ4n) is 2.82. The van der Waals surface area contributed by atoms with Crippen LogP contribution in [0.25, 0.3) is 0 Å². The van der Waals surface area contributed by atoms with Crippen LogP contribution in [0.2, 0.25) is 0 Å². The number of amides is 1. The molecule has 1 aliphatic rings. The van der Waals surface area contributed by atoms with E-state index in [-0.39, 0.29) is 11.6 Å². The number of anilines is 1. The van der Waals surface area contributed by atoms with Gasteiger partial charge in [-0.15, -0.1) is 0 Å². The summed E-state index contributed by atoms with van der Waals surface area (Å²) in [5.41, 5.74) is 1.99. The van der Waals surface area contributed by atoms with E-state index in [4.69, 9.17) is 4.74 Å². The number of hydrogen-bond acceptors (Lipinski definition) is 4. The van der Waals surface area contributed by atoms with Gasteiger partial charge < -0.3 is 15.0 Å². The first-order chi connectivity index (χ1) is 12.6. The van der Waals surface area contributed by atoms with Crippen molar-refractivity contribution in [3.8, 4) is 5.75 Å². The van der Waals surface area contributed by atoms with Gasteiger partial charge in [0.05, 0.1) is 11.4 Å². The van der Waals surface area contributed by atoms with Crippen molar-refractivity contribution in [3.05, 3.63) is 53.8 Å². The molecule has 136 valence electrons. The third kappa shape index (κ3) is 4.08. The zero-order valence-corrected chi connectivity index (χ0v) is 15.0. The summed E-state index contributed by atoms with van der Waals surface area (Å²) >= 11 is 0. The number of halogens is 1. The van der Waals surface area contributed by atoms with Gasteiger partial charge in [0.1, 0.15) is 23.9 Å². The quantitative estimate of drug-likeness (QED) is 0.825. The highest BCUT2D eigenvalue weighted by Crippen LogP contribution is 2.27. The summed E-state index contributed by atoms with van der Waals surface area (Å²) in [6, 6.07) is 11.4. The van der Waals surface area contributed by atoms with Gasteiger partial charge >= 0.3 is 0 Å². The molecule has 3 rings (SSSR count). The number of nitrogens with one attached hydrogen (secondary N) is 1. The number of rotatable bonds is 7. The lowest BCUT2D eigenvalue weighted by Gasteiger charge is -2.17. The average molecular weight is 355 g/mol. The van der Waals surface area contributed by atoms with E-state index in [2.05, 4.69) is 29.1 Å². The van der Waals surface area contributed by atoms with Crippen LogP contribution in [0.5, 0.6) is 5.75 Å². The summed E-state index contributed by atoms with van der Waals surface area (Å²) in [6.07, 6.45) is 0. The smallest absolute Gasteiger partial charge is 0.275 e. The maximum absolute atomic E-state index is 13.3. The fraction of sp³-hybridized carbons (Fsp3) is 0.300. The molecule has 1 N–H and O–H groups in total. The van der Waals surface area contributed by atoms with Crippen molar-refractivity contribution in [2.24, 2.45) is 4.99 Å². The Hall–Kier alpha value is -2.73. The van der Waals surface area contributed by atoms with E-state index in [1.54, 1.807) is 18.2 Å². The van der Waals surface area contributed by atoms with Crippen molar-refractivity contribution in [2.45, 2.75) is 13.8 Å². The highest BCUT2D eigenvalue weighted by molar-refractivity contribution is 6.54. The zero-order chi connectivity index (χ0) is 18.5. The molecule has 0 aromatic heterocycles. The molecule has 0 bridgehead atoms. The van der Waals surface area contributed by atoms with E-state index in [9.17, 15) is 9.18 Å². The summed E-state index contributed by atoms with van der Waals surface area (Å²) < 4.78 is 19.0. The first kappa shape index (κ1) is 18.1. The van der Waals surface area contributed by atoms with Crippen LogP contribution >= 0.6 is 0 Å². The molecule has 1 amide bonds. The number of ether oxygens (including phenoxy) is 1. The highest BCUT2D eigenvalue weighted by Gasteiger charge is 2.26. The predicted octanol–water partition coefficient (Wildman–Crippen LogP) is 3.62. The first-order valence-corrected chi connectivity index (χ1v) is 8.76. The van der Waals surface area contributed by atoms with Crippen molar-refractivity contribution >= 4 is 23.0 Å². The maximum Gasteiger partial charge on any atom is 0.275 e. The zero-order valence-electron chi connectivity index (χ0n) is 15.0. The van der Waals surface area contributed by atoms with Gasteiger partial charge in [-0.25, -0.2) is 9.38 Å². The van der Waals surface area contributed by atoms with Gasteiger partial charge in [-0.3, -0.25) is 4.79 Å². The van der Waals surface area contributed by atoms with Gasteiger partial charge in [-0.2, -0.15) is 0 Å². The molecule has 26 heavy (non-hydrogen) atoms. The number of hydrogen-bond donors (Lipinski definition) is 1. The number of nitrogens with zero attached hydrogens (tertiary/aromatic N) is 2. The van der Waals surface area contributed by atoms with Crippen LogP contribution in [0.4, 0.5) is 15.8 Å². The molecule has 0 radical (unpaired) electrons. The van der Waals surface area contributed by atoms with Crippen molar-refractivity contribution in [3.63, 3.8) is 0 Å². The van der Waals surface area contributed by atoms with Crippen LogP contribution in [0.1, 0.15) is 19.4 Å². The van der Waals surface area contributed by atoms with Gasteiger partial charge in [0.2, 0.25) is 0 Å². The molecule has 6 heteroatoms. The summed E-state index contributed by atoms with van der Waals surface area (Å²) in [5, 5.41) is 2.63. The number of benzene rings is 2. The lowest BCUT2D eigenvalue weighted by molar-refractivity contribution is -0.110. The van der Waals surface area contributed by atoms with E-state index < -0.39 is 5.82 Å². The van der Waals surface area contributed by atoms with Gasteiger partial charge in [0.15, 0.2) is 0 Å². The minimum absolute atomic E-state index is 0.287. The van der Waals surface area contributed by atoms with Crippen LogP contribution in [0.3, 0.4) is 0 Å². The molecule has 0 atom stereocenters. The third-order valence-electron chi connectivity index (χ3n) is 4.35. The number of aliphatic imine (C=N–C) groups is 1. The SMILES string of the molecule is CCN(CC)CCOc1ccc(N=C2C(=O)Nc3cc(F)ccc32)cc1. The molecule has 1 aliphatic heterocycles. The summed E-state index contributed by atoms with van der Waals surface area (Å²) in [4.78, 5) is 18.8. The Morgan fingerprint density at radius 1 is 1.12 bits per heavy atom. The molecular weight excluding hydrogens is 333 g/mol. The Bertz CT molecular complexity index is 814. The summed E-state index contributed by atoms with van der Waals surface area (Å²) in [7, 11) is 0. The molecular formula is C20H22FN3O2. The summed E-state index contributed by atoms with van der Waals surface area (Å²) in [5.74, 6) is 0.0427. The minimum atomic E-state index is -0.392. The number of likely N-dealkylation sites (N-methyl/N-ethyl adjacent to an activating group) is 1. The van der Waals surface area contributed by atoms with Crippen molar-refractivity contribution < 1.29 is 13.9 Å². The van der Waals surface area contributed by atoms with Crippen LogP contribution in [0, 0.1) is 5.82 Å². The number of carbonyl (C=O) groups excluding carboxylic acids is 1. The van der Waals surface area contributed by atoms with E-state index in [0.717, 1.165) is 25.4 Å². The normalized spacial score (nSPS) is 14.6. The Balaban J connectivity index is 1.68. The van der Waals surface area contributed by atoms with Gasteiger partial charge in [0, 0.05) is 12.1 Å². The molecule has 0 aliphatic carbocycles. The summed E-state index contributed by atoms with van der Waals surface area (Å²) in [6.45, 7) is 7.77. The molecule has 0 fully saturated rings. The molecule has 0 spiro atoms. The second kappa shape index (κ2) is 8.10. The van der Waals surface area contributed by atoms with Crippen molar-refractivity contribution in [1.29, 1.82) is 0 Å². The van der Waals surface area contributed by atoms with Gasteiger partial charge in [-0.1, -0.05) is 13.8 Å². The van der Waals surface area contributed by atoms with Crippen LogP contribution in [-0.4, -0.2) is 42.8 Å². The average Bonchev–Trinajstić information content (AvgIpc) is 2.94. The lowest BCUT2D eigenvalue weighted by atomic mass is 10.1. The lowest BCUT2D eigenvalue weighted by Crippen LogP contribution is -2.27. The molecule has 2 aromatic carbocycles. The van der Waals surface area contributed by atoms with Crippen LogP contribution in [0.15, 0.2) is 47.5 Å². The molecule has 0 unspecified atom stereocenters. The molecule has 0 saturated carbocycles. The van der Waals surface area contributed by atoms with E-state index in [1.807, 2.05) is 12.1 Å².